The van der Waals surface area contributed by atoms with Crippen molar-refractivity contribution in [2.45, 2.75) is 26.7 Å². The largest absolute Gasteiger partial charge is 0.465 e. The summed E-state index contributed by atoms with van der Waals surface area (Å²) in [4.78, 5) is 27.2. The van der Waals surface area contributed by atoms with Gasteiger partial charge < -0.3 is 4.74 Å². The van der Waals surface area contributed by atoms with Crippen molar-refractivity contribution in [1.82, 2.24) is 20.0 Å². The zero-order valence-corrected chi connectivity index (χ0v) is 23.5. The first kappa shape index (κ1) is 27.7. The van der Waals surface area contributed by atoms with Crippen molar-refractivity contribution in [3.63, 3.8) is 0 Å². The molecular weight excluding hydrogens is 510 g/mol. The van der Waals surface area contributed by atoms with Crippen LogP contribution in [0.2, 0.25) is 0 Å². The summed E-state index contributed by atoms with van der Waals surface area (Å²) in [5, 5.41) is 14.0. The Kier molecular flexibility index (Phi) is 8.21. The van der Waals surface area contributed by atoms with E-state index in [-0.39, 0.29) is 17.8 Å². The van der Waals surface area contributed by atoms with Gasteiger partial charge in [0.15, 0.2) is 0 Å². The maximum Gasteiger partial charge on any atom is 0.337 e. The fourth-order valence-corrected chi connectivity index (χ4v) is 5.29. The molecule has 200 valence electrons. The highest BCUT2D eigenvalue weighted by Crippen LogP contribution is 2.44. The number of rotatable bonds is 9. The molecule has 0 aliphatic heterocycles. The molecule has 9 heteroatoms. The van der Waals surface area contributed by atoms with Crippen LogP contribution in [0.15, 0.2) is 90.6 Å². The molecule has 0 spiro atoms. The van der Waals surface area contributed by atoms with Crippen LogP contribution >= 0.6 is 11.3 Å². The lowest BCUT2D eigenvalue weighted by atomic mass is 9.69. The number of fused-ring (bicyclic) bond motifs is 1. The molecule has 2 heterocycles. The number of carbonyl (C=O) groups is 2. The molecule has 0 N–H and O–H groups in total. The third-order valence-corrected chi connectivity index (χ3v) is 7.49. The van der Waals surface area contributed by atoms with Crippen LogP contribution in [0, 0.1) is 5.41 Å². The second-order valence-electron chi connectivity index (χ2n) is 9.55. The molecule has 4 rings (SSSR count). The number of hydrogen-bond acceptors (Lipinski definition) is 7. The minimum atomic E-state index is -0.852. The molecule has 8 nitrogen and oxygen atoms in total. The maximum atomic E-state index is 13.9. The monoisotopic (exact) mass is 541 g/mol. The third kappa shape index (κ3) is 5.44. The SMILES string of the molecule is C=C/C(=C\C=C/C)C(c1ccc2c(cnn2-c2ccc(C(=O)OC)cc2)c1)C(C)(C)C(=O)N(C)c1nncs1. The molecule has 1 unspecified atom stereocenters. The van der Waals surface area contributed by atoms with Crippen molar-refractivity contribution >= 4 is 39.2 Å². The first-order valence-corrected chi connectivity index (χ1v) is 13.3. The van der Waals surface area contributed by atoms with Crippen LogP contribution in [0.4, 0.5) is 5.13 Å². The van der Waals surface area contributed by atoms with E-state index in [1.807, 2.05) is 67.9 Å². The molecule has 4 aromatic rings. The van der Waals surface area contributed by atoms with E-state index in [0.717, 1.165) is 27.7 Å². The second-order valence-corrected chi connectivity index (χ2v) is 10.4. The zero-order valence-electron chi connectivity index (χ0n) is 22.7. The second kappa shape index (κ2) is 11.6. The lowest BCUT2D eigenvalue weighted by Crippen LogP contribution is -2.42. The number of methoxy groups -OCH3 is 1. The van der Waals surface area contributed by atoms with Gasteiger partial charge in [-0.05, 0) is 54.5 Å². The number of hydrogen-bond donors (Lipinski definition) is 0. The Labute approximate surface area is 231 Å². The zero-order chi connectivity index (χ0) is 28.2. The van der Waals surface area contributed by atoms with Crippen LogP contribution in [0.1, 0.15) is 42.6 Å². The van der Waals surface area contributed by atoms with E-state index in [2.05, 4.69) is 27.9 Å². The first-order chi connectivity index (χ1) is 18.7. The summed E-state index contributed by atoms with van der Waals surface area (Å²) in [6.45, 7) is 9.90. The summed E-state index contributed by atoms with van der Waals surface area (Å²) >= 11 is 1.32. The third-order valence-electron chi connectivity index (χ3n) is 6.72. The van der Waals surface area contributed by atoms with E-state index in [4.69, 9.17) is 4.74 Å². The molecule has 0 saturated heterocycles. The number of aromatic nitrogens is 4. The topological polar surface area (TPSA) is 90.2 Å². The molecule has 0 aliphatic rings. The van der Waals surface area contributed by atoms with E-state index in [9.17, 15) is 9.59 Å². The molecule has 0 fully saturated rings. The Bertz CT molecular complexity index is 1550. The number of esters is 1. The van der Waals surface area contributed by atoms with Crippen LogP contribution in [0.5, 0.6) is 0 Å². The highest BCUT2D eigenvalue weighted by Gasteiger charge is 2.41. The molecule has 0 aliphatic carbocycles. The Morgan fingerprint density at radius 2 is 1.92 bits per heavy atom. The summed E-state index contributed by atoms with van der Waals surface area (Å²) in [6, 6.07) is 13.2. The maximum absolute atomic E-state index is 13.9. The van der Waals surface area contributed by atoms with Gasteiger partial charge in [0.25, 0.3) is 0 Å². The van der Waals surface area contributed by atoms with Crippen molar-refractivity contribution in [2.75, 3.05) is 19.1 Å². The number of carbonyl (C=O) groups excluding carboxylic acids is 2. The minimum absolute atomic E-state index is 0.0843. The van der Waals surface area contributed by atoms with Gasteiger partial charge in [-0.25, -0.2) is 9.48 Å². The molecule has 2 aromatic carbocycles. The fourth-order valence-electron chi connectivity index (χ4n) is 4.76. The van der Waals surface area contributed by atoms with E-state index >= 15 is 0 Å². The summed E-state index contributed by atoms with van der Waals surface area (Å²) in [7, 11) is 3.08. The Morgan fingerprint density at radius 3 is 2.54 bits per heavy atom. The van der Waals surface area contributed by atoms with Gasteiger partial charge >= 0.3 is 5.97 Å². The van der Waals surface area contributed by atoms with Gasteiger partial charge in [0.1, 0.15) is 5.51 Å². The van der Waals surface area contributed by atoms with Gasteiger partial charge in [-0.1, -0.05) is 62.1 Å². The van der Waals surface area contributed by atoms with E-state index in [1.165, 1.54) is 18.4 Å². The molecule has 0 bridgehead atoms. The number of anilines is 1. The Morgan fingerprint density at radius 1 is 1.18 bits per heavy atom. The van der Waals surface area contributed by atoms with Crippen molar-refractivity contribution in [3.8, 4) is 5.69 Å². The van der Waals surface area contributed by atoms with Crippen LogP contribution < -0.4 is 4.90 Å². The normalized spacial score (nSPS) is 13.0. The molecule has 1 amide bonds. The highest BCUT2D eigenvalue weighted by molar-refractivity contribution is 7.13. The number of benzene rings is 2. The van der Waals surface area contributed by atoms with Crippen molar-refractivity contribution < 1.29 is 14.3 Å². The van der Waals surface area contributed by atoms with Gasteiger partial charge in [0.05, 0.1) is 35.5 Å². The predicted molar refractivity (Wildman–Crippen MR) is 155 cm³/mol. The Balaban J connectivity index is 1.78. The smallest absolute Gasteiger partial charge is 0.337 e. The highest BCUT2D eigenvalue weighted by atomic mass is 32.1. The average Bonchev–Trinajstić information content (AvgIpc) is 3.64. The molecular formula is C30H31N5O3S. The summed E-state index contributed by atoms with van der Waals surface area (Å²) in [5.41, 5.74) is 4.82. The summed E-state index contributed by atoms with van der Waals surface area (Å²) in [5.74, 6) is -0.777. The number of ether oxygens (including phenoxy) is 1. The lowest BCUT2D eigenvalue weighted by Gasteiger charge is -2.36. The summed E-state index contributed by atoms with van der Waals surface area (Å²) < 4.78 is 6.61. The van der Waals surface area contributed by atoms with Gasteiger partial charge in [0, 0.05) is 18.4 Å². The molecule has 2 aromatic heterocycles. The quantitative estimate of drug-likeness (QED) is 0.187. The summed E-state index contributed by atoms with van der Waals surface area (Å²) in [6.07, 6.45) is 9.50. The predicted octanol–water partition coefficient (Wildman–Crippen LogP) is 6.12. The molecule has 39 heavy (non-hydrogen) atoms. The van der Waals surface area contributed by atoms with Crippen LogP contribution in [0.3, 0.4) is 0 Å². The van der Waals surface area contributed by atoms with Crippen LogP contribution in [0.25, 0.3) is 16.6 Å². The average molecular weight is 542 g/mol. The fraction of sp³-hybridized carbons (Fsp3) is 0.233. The number of amides is 1. The number of nitrogens with zero attached hydrogens (tertiary/aromatic N) is 5. The van der Waals surface area contributed by atoms with E-state index < -0.39 is 5.41 Å². The van der Waals surface area contributed by atoms with Gasteiger partial charge in [-0.2, -0.15) is 5.10 Å². The Hall–Kier alpha value is -4.37. The minimum Gasteiger partial charge on any atom is -0.465 e. The van der Waals surface area contributed by atoms with Gasteiger partial charge in [-0.3, -0.25) is 9.69 Å². The van der Waals surface area contributed by atoms with Crippen LogP contribution in [-0.4, -0.2) is 46.0 Å². The molecule has 0 radical (unpaired) electrons. The molecule has 0 saturated carbocycles. The number of allylic oxidation sites excluding steroid dienone is 5. The van der Waals surface area contributed by atoms with Gasteiger partial charge in [0.2, 0.25) is 11.0 Å². The van der Waals surface area contributed by atoms with Crippen molar-refractivity contribution in [2.24, 2.45) is 5.41 Å². The van der Waals surface area contributed by atoms with Crippen molar-refractivity contribution in [1.29, 1.82) is 0 Å². The van der Waals surface area contributed by atoms with Gasteiger partial charge in [-0.15, -0.1) is 10.2 Å². The first-order valence-electron chi connectivity index (χ1n) is 12.4. The lowest BCUT2D eigenvalue weighted by molar-refractivity contribution is -0.127. The van der Waals surface area contributed by atoms with Crippen LogP contribution in [-0.2, 0) is 9.53 Å². The standard InChI is InChI=1S/C30H31N5O3S/c1-7-9-10-20(8-2)26(30(3,4)28(37)34(5)29-33-31-19-39-29)22-13-16-25-23(17-22)18-32-35(25)24-14-11-21(12-15-24)27(36)38-6/h7-19,26H,2H2,1,3-6H3/b9-7-,20-10+. The van der Waals surface area contributed by atoms with E-state index in [1.54, 1.807) is 41.9 Å². The van der Waals surface area contributed by atoms with E-state index in [0.29, 0.717) is 10.7 Å². The van der Waals surface area contributed by atoms with Crippen molar-refractivity contribution in [3.05, 3.63) is 102 Å². The molecule has 1 atom stereocenters.